The van der Waals surface area contributed by atoms with Gasteiger partial charge in [-0.1, -0.05) is 23.7 Å². The summed E-state index contributed by atoms with van der Waals surface area (Å²) < 4.78 is 5.01. The van der Waals surface area contributed by atoms with Gasteiger partial charge in [-0.3, -0.25) is 14.9 Å². The summed E-state index contributed by atoms with van der Waals surface area (Å²) in [6, 6.07) is 11.7. The number of nitrogens with zero attached hydrogens (tertiary/aromatic N) is 1. The lowest BCUT2D eigenvalue weighted by molar-refractivity contribution is -0.383. The van der Waals surface area contributed by atoms with Gasteiger partial charge >= 0.3 is 11.3 Å². The lowest BCUT2D eigenvalue weighted by Crippen LogP contribution is -2.17. The number of nitrogens with one attached hydrogen (secondary N) is 1. The van der Waals surface area contributed by atoms with Crippen molar-refractivity contribution in [1.29, 1.82) is 0 Å². The number of anilines is 1. The molecule has 0 aliphatic heterocycles. The van der Waals surface area contributed by atoms with Crippen molar-refractivity contribution in [3.05, 3.63) is 79.7 Å². The van der Waals surface area contributed by atoms with Crippen molar-refractivity contribution < 1.29 is 14.1 Å². The average Bonchev–Trinajstić information content (AvgIpc) is 2.55. The highest BCUT2D eigenvalue weighted by Crippen LogP contribution is 2.25. The number of rotatable bonds is 3. The number of para-hydroxylation sites is 1. The third-order valence-corrected chi connectivity index (χ3v) is 3.54. The van der Waals surface area contributed by atoms with Gasteiger partial charge in [0.2, 0.25) is 5.58 Å². The Labute approximate surface area is 139 Å². The molecule has 0 fully saturated rings. The van der Waals surface area contributed by atoms with Gasteiger partial charge in [0, 0.05) is 22.0 Å². The Balaban J connectivity index is 2.00. The molecule has 1 amide bonds. The lowest BCUT2D eigenvalue weighted by atomic mass is 10.2. The van der Waals surface area contributed by atoms with Crippen molar-refractivity contribution in [3.63, 3.8) is 0 Å². The van der Waals surface area contributed by atoms with E-state index in [0.29, 0.717) is 16.0 Å². The van der Waals surface area contributed by atoms with Gasteiger partial charge in [0.05, 0.1) is 4.92 Å². The lowest BCUT2D eigenvalue weighted by Gasteiger charge is -2.05. The van der Waals surface area contributed by atoms with Gasteiger partial charge < -0.3 is 9.73 Å². The van der Waals surface area contributed by atoms with Gasteiger partial charge in [0.1, 0.15) is 5.69 Å². The third kappa shape index (κ3) is 2.97. The fourth-order valence-corrected chi connectivity index (χ4v) is 2.28. The summed E-state index contributed by atoms with van der Waals surface area (Å²) in [6.45, 7) is 0. The molecular formula is C16H9ClN2O5. The molecule has 0 saturated carbocycles. The first-order chi connectivity index (χ1) is 11.5. The van der Waals surface area contributed by atoms with E-state index in [-0.39, 0.29) is 17.0 Å². The van der Waals surface area contributed by atoms with Crippen LogP contribution in [-0.2, 0) is 0 Å². The monoisotopic (exact) mass is 344 g/mol. The molecular weight excluding hydrogens is 336 g/mol. The Hall–Kier alpha value is -3.19. The fraction of sp³-hybridized carbons (Fsp3) is 0. The zero-order valence-electron chi connectivity index (χ0n) is 12.0. The van der Waals surface area contributed by atoms with E-state index in [4.69, 9.17) is 16.0 Å². The molecule has 0 aliphatic carbocycles. The minimum absolute atomic E-state index is 0.108. The number of amides is 1. The maximum absolute atomic E-state index is 12.1. The molecule has 0 radical (unpaired) electrons. The van der Waals surface area contributed by atoms with Crippen molar-refractivity contribution in [2.24, 2.45) is 0 Å². The molecule has 120 valence electrons. The molecule has 3 rings (SSSR count). The molecule has 0 bridgehead atoms. The van der Waals surface area contributed by atoms with Gasteiger partial charge in [-0.2, -0.15) is 0 Å². The Morgan fingerprint density at radius 2 is 1.88 bits per heavy atom. The molecule has 0 aliphatic rings. The normalized spacial score (nSPS) is 10.5. The predicted octanol–water partition coefficient (Wildman–Crippen LogP) is 3.61. The van der Waals surface area contributed by atoms with E-state index in [1.54, 1.807) is 18.2 Å². The molecule has 3 aromatic rings. The second-order valence-electron chi connectivity index (χ2n) is 4.86. The highest BCUT2D eigenvalue weighted by molar-refractivity contribution is 6.30. The second kappa shape index (κ2) is 6.13. The number of hydrogen-bond donors (Lipinski definition) is 1. The van der Waals surface area contributed by atoms with E-state index in [2.05, 4.69) is 5.32 Å². The van der Waals surface area contributed by atoms with E-state index < -0.39 is 16.5 Å². The van der Waals surface area contributed by atoms with Crippen molar-refractivity contribution >= 4 is 39.9 Å². The van der Waals surface area contributed by atoms with Crippen LogP contribution in [0.25, 0.3) is 11.0 Å². The number of carbonyl (C=O) groups is 1. The van der Waals surface area contributed by atoms with E-state index >= 15 is 0 Å². The number of carbonyl (C=O) groups excluding carboxylic acids is 1. The minimum atomic E-state index is -0.876. The van der Waals surface area contributed by atoms with E-state index in [9.17, 15) is 19.7 Å². The van der Waals surface area contributed by atoms with Crippen molar-refractivity contribution in [1.82, 2.24) is 0 Å². The molecule has 8 heteroatoms. The fourth-order valence-electron chi connectivity index (χ4n) is 2.16. The smallest absolute Gasteiger partial charge is 0.360 e. The summed E-state index contributed by atoms with van der Waals surface area (Å²) in [6.07, 6.45) is 0. The van der Waals surface area contributed by atoms with Crippen LogP contribution in [0, 0.1) is 10.1 Å². The van der Waals surface area contributed by atoms with Crippen molar-refractivity contribution in [3.8, 4) is 0 Å². The van der Waals surface area contributed by atoms with Gasteiger partial charge in [-0.25, -0.2) is 4.79 Å². The minimum Gasteiger partial charge on any atom is -0.414 e. The Kier molecular flexibility index (Phi) is 4.01. The van der Waals surface area contributed by atoms with Crippen LogP contribution in [0.4, 0.5) is 11.4 Å². The molecule has 1 N–H and O–H groups in total. The molecule has 0 atom stereocenters. The van der Waals surface area contributed by atoms with Crippen molar-refractivity contribution in [2.75, 3.05) is 5.32 Å². The molecule has 1 heterocycles. The average molecular weight is 345 g/mol. The van der Waals surface area contributed by atoms with Gasteiger partial charge in [-0.05, 0) is 30.3 Å². The summed E-state index contributed by atoms with van der Waals surface area (Å²) in [5.41, 5.74) is -1.14. The van der Waals surface area contributed by atoms with E-state index in [1.165, 1.54) is 30.3 Å². The topological polar surface area (TPSA) is 102 Å². The zero-order valence-corrected chi connectivity index (χ0v) is 12.7. The Bertz CT molecular complexity index is 1010. The number of halogens is 1. The summed E-state index contributed by atoms with van der Waals surface area (Å²) in [7, 11) is 0. The SMILES string of the molecule is O=C(Nc1cc2cccc([N+](=O)[O-])c2oc1=O)c1ccc(Cl)cc1. The number of hydrogen-bond acceptors (Lipinski definition) is 5. The number of nitro benzene ring substituents is 1. The number of benzene rings is 2. The molecule has 2 aromatic carbocycles. The van der Waals surface area contributed by atoms with Gasteiger partial charge in [0.25, 0.3) is 5.91 Å². The van der Waals surface area contributed by atoms with Crippen LogP contribution in [-0.4, -0.2) is 10.8 Å². The number of fused-ring (bicyclic) bond motifs is 1. The van der Waals surface area contributed by atoms with Crippen LogP contribution < -0.4 is 10.9 Å². The van der Waals surface area contributed by atoms with Crippen LogP contribution >= 0.6 is 11.6 Å². The molecule has 0 saturated heterocycles. The molecule has 0 spiro atoms. The van der Waals surface area contributed by atoms with E-state index in [0.717, 1.165) is 0 Å². The standard InChI is InChI=1S/C16H9ClN2O5/c17-11-6-4-9(5-7-11)15(20)18-12-8-10-2-1-3-13(19(22)23)14(10)24-16(12)21/h1-8H,(H,18,20). The van der Waals surface area contributed by atoms with Crippen LogP contribution in [0.2, 0.25) is 5.02 Å². The molecule has 7 nitrogen and oxygen atoms in total. The predicted molar refractivity (Wildman–Crippen MR) is 88.5 cm³/mol. The van der Waals surface area contributed by atoms with Gasteiger partial charge in [0.15, 0.2) is 0 Å². The number of non-ortho nitro benzene ring substituents is 1. The van der Waals surface area contributed by atoms with Crippen LogP contribution in [0.1, 0.15) is 10.4 Å². The highest BCUT2D eigenvalue weighted by Gasteiger charge is 2.17. The first kappa shape index (κ1) is 15.7. The number of nitro groups is 1. The Morgan fingerprint density at radius 1 is 1.17 bits per heavy atom. The second-order valence-corrected chi connectivity index (χ2v) is 5.30. The van der Waals surface area contributed by atoms with Crippen LogP contribution in [0.3, 0.4) is 0 Å². The van der Waals surface area contributed by atoms with Crippen LogP contribution in [0.15, 0.2) is 57.7 Å². The first-order valence-corrected chi connectivity index (χ1v) is 7.11. The molecule has 24 heavy (non-hydrogen) atoms. The highest BCUT2D eigenvalue weighted by atomic mass is 35.5. The maximum atomic E-state index is 12.1. The maximum Gasteiger partial charge on any atom is 0.360 e. The summed E-state index contributed by atoms with van der Waals surface area (Å²) in [5, 5.41) is 14.2. The summed E-state index contributed by atoms with van der Waals surface area (Å²) in [4.78, 5) is 34.5. The molecule has 1 aromatic heterocycles. The largest absolute Gasteiger partial charge is 0.414 e. The summed E-state index contributed by atoms with van der Waals surface area (Å²) in [5.74, 6) is -0.524. The van der Waals surface area contributed by atoms with Crippen molar-refractivity contribution in [2.45, 2.75) is 0 Å². The summed E-state index contributed by atoms with van der Waals surface area (Å²) >= 11 is 5.76. The third-order valence-electron chi connectivity index (χ3n) is 3.29. The van der Waals surface area contributed by atoms with E-state index in [1.807, 2.05) is 0 Å². The zero-order chi connectivity index (χ0) is 17.3. The quantitative estimate of drug-likeness (QED) is 0.444. The van der Waals surface area contributed by atoms with Gasteiger partial charge in [-0.15, -0.1) is 0 Å². The Morgan fingerprint density at radius 3 is 2.54 bits per heavy atom. The first-order valence-electron chi connectivity index (χ1n) is 6.74. The molecule has 0 unspecified atom stereocenters. The van der Waals surface area contributed by atoms with Crippen LogP contribution in [0.5, 0.6) is 0 Å².